The fraction of sp³-hybridized carbons (Fsp3) is 0.750. The van der Waals surface area contributed by atoms with E-state index >= 15 is 0 Å². The molecule has 3 rings (SSSR count). The number of likely N-dealkylation sites (tertiary alicyclic amines) is 1. The summed E-state index contributed by atoms with van der Waals surface area (Å²) >= 11 is 0. The van der Waals surface area contributed by atoms with Crippen LogP contribution in [0, 0.1) is 0 Å². The number of aliphatic hydroxyl groups is 1. The van der Waals surface area contributed by atoms with Crippen LogP contribution in [0.2, 0.25) is 0 Å². The summed E-state index contributed by atoms with van der Waals surface area (Å²) in [7, 11) is 1.67. The van der Waals surface area contributed by atoms with Gasteiger partial charge in [-0.15, -0.1) is 0 Å². The summed E-state index contributed by atoms with van der Waals surface area (Å²) in [6.45, 7) is 4.00. The van der Waals surface area contributed by atoms with E-state index in [1.165, 1.54) is 69.8 Å². The first kappa shape index (κ1) is 22.4. The van der Waals surface area contributed by atoms with E-state index < -0.39 is 6.10 Å². The molecule has 164 valence electrons. The molecule has 5 heteroatoms. The molecule has 1 aromatic rings. The van der Waals surface area contributed by atoms with Crippen LogP contribution < -0.4 is 14.8 Å². The van der Waals surface area contributed by atoms with Gasteiger partial charge >= 0.3 is 0 Å². The largest absolute Gasteiger partial charge is 0.493 e. The fourth-order valence-electron chi connectivity index (χ4n) is 4.55. The molecular weight excluding hydrogens is 364 g/mol. The van der Waals surface area contributed by atoms with Gasteiger partial charge < -0.3 is 24.8 Å². The average Bonchev–Trinajstić information content (AvgIpc) is 2.73. The van der Waals surface area contributed by atoms with Crippen LogP contribution in [0.1, 0.15) is 69.8 Å². The summed E-state index contributed by atoms with van der Waals surface area (Å²) in [6.07, 6.45) is 12.6. The molecule has 2 N–H and O–H groups in total. The SMILES string of the molecule is COc1ccc(CNC2CCCCC2)cc1OC[C@H](O)CN1CCCCCCC1. The topological polar surface area (TPSA) is 54.0 Å². The van der Waals surface area contributed by atoms with E-state index in [2.05, 4.69) is 22.3 Å². The van der Waals surface area contributed by atoms with Crippen molar-refractivity contribution in [3.05, 3.63) is 23.8 Å². The Morgan fingerprint density at radius 2 is 1.69 bits per heavy atom. The summed E-state index contributed by atoms with van der Waals surface area (Å²) < 4.78 is 11.5. The van der Waals surface area contributed by atoms with E-state index in [9.17, 15) is 5.11 Å². The van der Waals surface area contributed by atoms with Crippen LogP contribution in [0.5, 0.6) is 11.5 Å². The highest BCUT2D eigenvalue weighted by molar-refractivity contribution is 5.43. The number of rotatable bonds is 9. The van der Waals surface area contributed by atoms with Crippen molar-refractivity contribution in [2.24, 2.45) is 0 Å². The highest BCUT2D eigenvalue weighted by atomic mass is 16.5. The lowest BCUT2D eigenvalue weighted by molar-refractivity contribution is 0.0644. The van der Waals surface area contributed by atoms with Crippen LogP contribution in [0.25, 0.3) is 0 Å². The third kappa shape index (κ3) is 7.80. The van der Waals surface area contributed by atoms with Crippen molar-refractivity contribution in [2.75, 3.05) is 33.4 Å². The van der Waals surface area contributed by atoms with Gasteiger partial charge in [0.15, 0.2) is 11.5 Å². The number of benzene rings is 1. The van der Waals surface area contributed by atoms with Gasteiger partial charge in [0, 0.05) is 19.1 Å². The Labute approximate surface area is 176 Å². The molecule has 2 fully saturated rings. The molecule has 0 aromatic heterocycles. The Morgan fingerprint density at radius 1 is 1.00 bits per heavy atom. The van der Waals surface area contributed by atoms with Crippen LogP contribution in [-0.2, 0) is 6.54 Å². The number of hydrogen-bond acceptors (Lipinski definition) is 5. The highest BCUT2D eigenvalue weighted by Crippen LogP contribution is 2.28. The molecule has 5 nitrogen and oxygen atoms in total. The maximum absolute atomic E-state index is 10.5. The molecule has 0 unspecified atom stereocenters. The summed E-state index contributed by atoms with van der Waals surface area (Å²) in [5.41, 5.74) is 1.20. The lowest BCUT2D eigenvalue weighted by Crippen LogP contribution is -2.37. The number of ether oxygens (including phenoxy) is 2. The molecule has 2 aliphatic rings. The molecular formula is C24H40N2O3. The number of nitrogens with one attached hydrogen (secondary N) is 1. The maximum atomic E-state index is 10.5. The summed E-state index contributed by atoms with van der Waals surface area (Å²) in [4.78, 5) is 2.38. The monoisotopic (exact) mass is 404 g/mol. The van der Waals surface area contributed by atoms with Gasteiger partial charge in [-0.25, -0.2) is 0 Å². The summed E-state index contributed by atoms with van der Waals surface area (Å²) in [6, 6.07) is 6.75. The minimum absolute atomic E-state index is 0.298. The molecule has 0 bridgehead atoms. The quantitative estimate of drug-likeness (QED) is 0.648. The third-order valence-corrected chi connectivity index (χ3v) is 6.28. The second kappa shape index (κ2) is 12.4. The molecule has 1 heterocycles. The minimum Gasteiger partial charge on any atom is -0.493 e. The van der Waals surface area contributed by atoms with Crippen LogP contribution in [0.4, 0.5) is 0 Å². The second-order valence-corrected chi connectivity index (χ2v) is 8.73. The molecule has 1 aliphatic heterocycles. The first-order valence-corrected chi connectivity index (χ1v) is 11.7. The van der Waals surface area contributed by atoms with E-state index in [0.29, 0.717) is 19.2 Å². The molecule has 1 aromatic carbocycles. The zero-order valence-electron chi connectivity index (χ0n) is 18.2. The highest BCUT2D eigenvalue weighted by Gasteiger charge is 2.16. The van der Waals surface area contributed by atoms with Crippen molar-refractivity contribution in [3.63, 3.8) is 0 Å². The Bertz CT molecular complexity index is 581. The molecule has 0 radical (unpaired) electrons. The smallest absolute Gasteiger partial charge is 0.161 e. The maximum Gasteiger partial charge on any atom is 0.161 e. The summed E-state index contributed by atoms with van der Waals surface area (Å²) in [5.74, 6) is 1.45. The molecule has 1 aliphatic carbocycles. The molecule has 0 amide bonds. The van der Waals surface area contributed by atoms with Crippen molar-refractivity contribution >= 4 is 0 Å². The van der Waals surface area contributed by atoms with Gasteiger partial charge in [-0.05, 0) is 56.5 Å². The van der Waals surface area contributed by atoms with Gasteiger partial charge in [-0.1, -0.05) is 44.6 Å². The lowest BCUT2D eigenvalue weighted by atomic mass is 9.95. The predicted molar refractivity (Wildman–Crippen MR) is 118 cm³/mol. The molecule has 0 spiro atoms. The fourth-order valence-corrected chi connectivity index (χ4v) is 4.55. The Hall–Kier alpha value is -1.30. The Balaban J connectivity index is 1.48. The normalized spacial score (nSPS) is 20.6. The second-order valence-electron chi connectivity index (χ2n) is 8.73. The van der Waals surface area contributed by atoms with Crippen molar-refractivity contribution in [2.45, 2.75) is 82.9 Å². The van der Waals surface area contributed by atoms with Crippen molar-refractivity contribution in [1.29, 1.82) is 0 Å². The van der Waals surface area contributed by atoms with Gasteiger partial charge in [0.25, 0.3) is 0 Å². The molecule has 1 atom stereocenters. The molecule has 1 saturated carbocycles. The zero-order chi connectivity index (χ0) is 20.3. The number of aliphatic hydroxyl groups excluding tert-OH is 1. The van der Waals surface area contributed by atoms with Crippen molar-refractivity contribution in [3.8, 4) is 11.5 Å². The van der Waals surface area contributed by atoms with E-state index in [-0.39, 0.29) is 0 Å². The van der Waals surface area contributed by atoms with Crippen LogP contribution >= 0.6 is 0 Å². The van der Waals surface area contributed by atoms with E-state index in [1.54, 1.807) is 7.11 Å². The Kier molecular flexibility index (Phi) is 9.58. The lowest BCUT2D eigenvalue weighted by Gasteiger charge is -2.27. The molecule has 29 heavy (non-hydrogen) atoms. The van der Waals surface area contributed by atoms with Crippen molar-refractivity contribution in [1.82, 2.24) is 10.2 Å². The zero-order valence-corrected chi connectivity index (χ0v) is 18.2. The minimum atomic E-state index is -0.483. The van der Waals surface area contributed by atoms with Gasteiger partial charge in [-0.2, -0.15) is 0 Å². The predicted octanol–water partition coefficient (Wildman–Crippen LogP) is 4.12. The van der Waals surface area contributed by atoms with Crippen LogP contribution in [0.15, 0.2) is 18.2 Å². The number of nitrogens with zero attached hydrogens (tertiary/aromatic N) is 1. The van der Waals surface area contributed by atoms with E-state index in [0.717, 1.165) is 31.1 Å². The van der Waals surface area contributed by atoms with Gasteiger partial charge in [0.05, 0.1) is 7.11 Å². The summed E-state index contributed by atoms with van der Waals surface area (Å²) in [5, 5.41) is 14.2. The van der Waals surface area contributed by atoms with E-state index in [1.807, 2.05) is 6.07 Å². The van der Waals surface area contributed by atoms with Gasteiger partial charge in [0.1, 0.15) is 12.7 Å². The Morgan fingerprint density at radius 3 is 2.41 bits per heavy atom. The van der Waals surface area contributed by atoms with Crippen LogP contribution in [0.3, 0.4) is 0 Å². The van der Waals surface area contributed by atoms with E-state index in [4.69, 9.17) is 9.47 Å². The van der Waals surface area contributed by atoms with Gasteiger partial charge in [-0.3, -0.25) is 0 Å². The standard InChI is InChI=1S/C24H40N2O3/c1-28-23-13-12-20(17-25-21-10-6-5-7-11-21)16-24(23)29-19-22(27)18-26-14-8-3-2-4-9-15-26/h12-13,16,21-22,25,27H,2-11,14-15,17-19H2,1H3/t22-/m1/s1. The first-order valence-electron chi connectivity index (χ1n) is 11.7. The van der Waals surface area contributed by atoms with Crippen LogP contribution in [-0.4, -0.2) is 55.5 Å². The number of hydrogen-bond donors (Lipinski definition) is 2. The van der Waals surface area contributed by atoms with Gasteiger partial charge in [0.2, 0.25) is 0 Å². The average molecular weight is 405 g/mol. The number of β-amino-alcohol motifs (C(OH)–C–C–N with tert-alkyl or cyclic N) is 1. The first-order chi connectivity index (χ1) is 14.2. The van der Waals surface area contributed by atoms with Crippen molar-refractivity contribution < 1.29 is 14.6 Å². The number of methoxy groups -OCH3 is 1. The third-order valence-electron chi connectivity index (χ3n) is 6.28. The molecule has 1 saturated heterocycles.